The van der Waals surface area contributed by atoms with Crippen LogP contribution in [0.4, 0.5) is 0 Å². The smallest absolute Gasteiger partial charge is 0.251 e. The van der Waals surface area contributed by atoms with Crippen LogP contribution in [0.1, 0.15) is 15.2 Å². The van der Waals surface area contributed by atoms with Gasteiger partial charge in [0, 0.05) is 30.1 Å². The molecule has 0 aliphatic carbocycles. The monoisotopic (exact) mass is 390 g/mol. The van der Waals surface area contributed by atoms with E-state index in [1.807, 2.05) is 17.5 Å². The predicted octanol–water partition coefficient (Wildman–Crippen LogP) is 3.19. The van der Waals surface area contributed by atoms with E-state index in [0.717, 1.165) is 20.3 Å². The molecule has 0 saturated carbocycles. The second kappa shape index (κ2) is 7.45. The van der Waals surface area contributed by atoms with Crippen molar-refractivity contribution in [1.29, 1.82) is 0 Å². The summed E-state index contributed by atoms with van der Waals surface area (Å²) in [6.07, 6.45) is 3.29. The van der Waals surface area contributed by atoms with Gasteiger partial charge in [0.1, 0.15) is 0 Å². The summed E-state index contributed by atoms with van der Waals surface area (Å²) < 4.78 is 30.3. The molecule has 3 rings (SSSR count). The first-order chi connectivity index (χ1) is 12.4. The third-order valence-electron chi connectivity index (χ3n) is 3.83. The summed E-state index contributed by atoms with van der Waals surface area (Å²) in [6, 6.07) is 9.78. The molecule has 3 aromatic rings. The number of hydrogen-bond acceptors (Lipinski definition) is 5. The van der Waals surface area contributed by atoms with Crippen molar-refractivity contribution in [2.24, 2.45) is 0 Å². The van der Waals surface area contributed by atoms with E-state index in [1.54, 1.807) is 23.9 Å². The lowest BCUT2D eigenvalue weighted by Crippen LogP contribution is -2.23. The second-order valence-corrected chi connectivity index (χ2v) is 8.96. The number of carbonyl (C=O) groups excluding carboxylic acids is 1. The Labute approximate surface area is 156 Å². The molecule has 0 fully saturated rings. The predicted molar refractivity (Wildman–Crippen MR) is 101 cm³/mol. The van der Waals surface area contributed by atoms with Crippen LogP contribution in [0.25, 0.3) is 11.1 Å². The van der Waals surface area contributed by atoms with Gasteiger partial charge in [-0.2, -0.15) is 0 Å². The molecule has 0 radical (unpaired) electrons. The SMILES string of the molecule is CN(C)S(=O)(=O)c1ccc(C(=O)NCc2cc(-c3ccoc3)cs2)cc1. The van der Waals surface area contributed by atoms with Gasteiger partial charge in [0.2, 0.25) is 10.0 Å². The first kappa shape index (κ1) is 18.4. The average molecular weight is 390 g/mol. The third-order valence-corrected chi connectivity index (χ3v) is 6.59. The molecule has 0 atom stereocenters. The minimum atomic E-state index is -3.50. The van der Waals surface area contributed by atoms with E-state index in [2.05, 4.69) is 5.32 Å². The van der Waals surface area contributed by atoms with Crippen LogP contribution in [0.2, 0.25) is 0 Å². The van der Waals surface area contributed by atoms with Gasteiger partial charge in [-0.15, -0.1) is 11.3 Å². The molecule has 0 bridgehead atoms. The van der Waals surface area contributed by atoms with Crippen molar-refractivity contribution >= 4 is 27.3 Å². The van der Waals surface area contributed by atoms with E-state index in [1.165, 1.54) is 38.4 Å². The molecule has 8 heteroatoms. The van der Waals surface area contributed by atoms with Crippen molar-refractivity contribution in [2.45, 2.75) is 11.4 Å². The summed E-state index contributed by atoms with van der Waals surface area (Å²) in [4.78, 5) is 13.4. The van der Waals surface area contributed by atoms with Crippen LogP contribution in [0, 0.1) is 0 Å². The Balaban J connectivity index is 1.64. The fraction of sp³-hybridized carbons (Fsp3) is 0.167. The minimum Gasteiger partial charge on any atom is -0.472 e. The molecule has 0 saturated heterocycles. The maximum Gasteiger partial charge on any atom is 0.251 e. The zero-order valence-corrected chi connectivity index (χ0v) is 15.9. The Bertz CT molecular complexity index is 988. The first-order valence-electron chi connectivity index (χ1n) is 7.78. The molecule has 2 aromatic heterocycles. The van der Waals surface area contributed by atoms with Gasteiger partial charge in [0.25, 0.3) is 5.91 Å². The van der Waals surface area contributed by atoms with Gasteiger partial charge in [-0.1, -0.05) is 0 Å². The van der Waals surface area contributed by atoms with E-state index in [9.17, 15) is 13.2 Å². The summed E-state index contributed by atoms with van der Waals surface area (Å²) in [6.45, 7) is 0.402. The molecule has 136 valence electrons. The fourth-order valence-corrected chi connectivity index (χ4v) is 4.05. The standard InChI is InChI=1S/C18H18N2O4S2/c1-20(2)26(22,23)17-5-3-13(4-6-17)18(21)19-10-16-9-15(12-25-16)14-7-8-24-11-14/h3-9,11-12H,10H2,1-2H3,(H,19,21). The van der Waals surface area contributed by atoms with Crippen molar-refractivity contribution in [1.82, 2.24) is 9.62 Å². The number of benzene rings is 1. The Morgan fingerprint density at radius 1 is 1.15 bits per heavy atom. The summed E-state index contributed by atoms with van der Waals surface area (Å²) in [5.74, 6) is -0.253. The third kappa shape index (κ3) is 3.87. The number of thiophene rings is 1. The van der Waals surface area contributed by atoms with Gasteiger partial charge in [-0.05, 0) is 47.3 Å². The number of carbonyl (C=O) groups is 1. The van der Waals surface area contributed by atoms with Crippen LogP contribution >= 0.6 is 11.3 Å². The lowest BCUT2D eigenvalue weighted by atomic mass is 10.2. The number of furan rings is 1. The van der Waals surface area contributed by atoms with E-state index in [0.29, 0.717) is 12.1 Å². The number of amides is 1. The van der Waals surface area contributed by atoms with Crippen LogP contribution in [-0.2, 0) is 16.6 Å². The van der Waals surface area contributed by atoms with Crippen molar-refractivity contribution < 1.29 is 17.6 Å². The highest BCUT2D eigenvalue weighted by atomic mass is 32.2. The molecule has 6 nitrogen and oxygen atoms in total. The Kier molecular flexibility index (Phi) is 5.26. The van der Waals surface area contributed by atoms with Crippen LogP contribution in [-0.4, -0.2) is 32.7 Å². The van der Waals surface area contributed by atoms with Crippen LogP contribution < -0.4 is 5.32 Å². The van der Waals surface area contributed by atoms with E-state index in [4.69, 9.17) is 4.42 Å². The van der Waals surface area contributed by atoms with Gasteiger partial charge in [0.05, 0.1) is 24.0 Å². The normalized spacial score (nSPS) is 11.7. The average Bonchev–Trinajstić information content (AvgIpc) is 3.31. The van der Waals surface area contributed by atoms with Crippen molar-refractivity contribution in [2.75, 3.05) is 14.1 Å². The highest BCUT2D eigenvalue weighted by Gasteiger charge is 2.17. The molecule has 1 amide bonds. The van der Waals surface area contributed by atoms with Crippen LogP contribution in [0.5, 0.6) is 0 Å². The van der Waals surface area contributed by atoms with E-state index in [-0.39, 0.29) is 10.8 Å². The molecule has 0 aliphatic rings. The maximum absolute atomic E-state index is 12.3. The minimum absolute atomic E-state index is 0.155. The van der Waals surface area contributed by atoms with Gasteiger partial charge >= 0.3 is 0 Å². The van der Waals surface area contributed by atoms with Gasteiger partial charge in [0.15, 0.2) is 0 Å². The van der Waals surface area contributed by atoms with Crippen molar-refractivity contribution in [3.8, 4) is 11.1 Å². The topological polar surface area (TPSA) is 79.6 Å². The highest BCUT2D eigenvalue weighted by molar-refractivity contribution is 7.89. The largest absolute Gasteiger partial charge is 0.472 e. The first-order valence-corrected chi connectivity index (χ1v) is 10.1. The zero-order chi connectivity index (χ0) is 18.7. The number of hydrogen-bond donors (Lipinski definition) is 1. The van der Waals surface area contributed by atoms with Crippen LogP contribution in [0.3, 0.4) is 0 Å². The molecule has 1 aromatic carbocycles. The summed E-state index contributed by atoms with van der Waals surface area (Å²) >= 11 is 1.55. The summed E-state index contributed by atoms with van der Waals surface area (Å²) in [7, 11) is -0.564. The Hall–Kier alpha value is -2.42. The Morgan fingerprint density at radius 2 is 1.88 bits per heavy atom. The fourth-order valence-electron chi connectivity index (χ4n) is 2.31. The highest BCUT2D eigenvalue weighted by Crippen LogP contribution is 2.26. The van der Waals surface area contributed by atoms with E-state index >= 15 is 0 Å². The molecule has 2 heterocycles. The van der Waals surface area contributed by atoms with Crippen molar-refractivity contribution in [3.63, 3.8) is 0 Å². The molecule has 0 spiro atoms. The molecule has 0 unspecified atom stereocenters. The number of nitrogens with one attached hydrogen (secondary N) is 1. The number of rotatable bonds is 6. The van der Waals surface area contributed by atoms with E-state index < -0.39 is 10.0 Å². The van der Waals surface area contributed by atoms with Gasteiger partial charge in [-0.3, -0.25) is 4.79 Å². The maximum atomic E-state index is 12.3. The molecule has 26 heavy (non-hydrogen) atoms. The summed E-state index contributed by atoms with van der Waals surface area (Å²) in [5, 5.41) is 4.85. The Morgan fingerprint density at radius 3 is 2.50 bits per heavy atom. The lowest BCUT2D eigenvalue weighted by molar-refractivity contribution is 0.0951. The molecular weight excluding hydrogens is 372 g/mol. The molecule has 1 N–H and O–H groups in total. The van der Waals surface area contributed by atoms with Crippen LogP contribution in [0.15, 0.2) is 63.6 Å². The summed E-state index contributed by atoms with van der Waals surface area (Å²) in [5.41, 5.74) is 2.46. The lowest BCUT2D eigenvalue weighted by Gasteiger charge is -2.11. The van der Waals surface area contributed by atoms with Crippen molar-refractivity contribution in [3.05, 3.63) is 64.7 Å². The zero-order valence-electron chi connectivity index (χ0n) is 14.3. The molecule has 0 aliphatic heterocycles. The second-order valence-electron chi connectivity index (χ2n) is 5.81. The van der Waals surface area contributed by atoms with Gasteiger partial charge < -0.3 is 9.73 Å². The molecular formula is C18H18N2O4S2. The quantitative estimate of drug-likeness (QED) is 0.701. The number of sulfonamides is 1. The van der Waals surface area contributed by atoms with Gasteiger partial charge in [-0.25, -0.2) is 12.7 Å². The number of nitrogens with zero attached hydrogens (tertiary/aromatic N) is 1.